The van der Waals surface area contributed by atoms with Crippen LogP contribution in [0.5, 0.6) is 0 Å². The molecule has 4 nitrogen and oxygen atoms in total. The van der Waals surface area contributed by atoms with Crippen molar-refractivity contribution < 1.29 is 8.42 Å². The molecule has 2 atom stereocenters. The van der Waals surface area contributed by atoms with E-state index in [9.17, 15) is 8.42 Å². The van der Waals surface area contributed by atoms with Gasteiger partial charge in [0.1, 0.15) is 0 Å². The quantitative estimate of drug-likeness (QED) is 0.829. The van der Waals surface area contributed by atoms with Gasteiger partial charge in [0.15, 0.2) is 0 Å². The average molecular weight is 260 g/mol. The lowest BCUT2D eigenvalue weighted by molar-refractivity contribution is 0.225. The molecule has 1 N–H and O–H groups in total. The fourth-order valence-corrected chi connectivity index (χ4v) is 4.32. The molecule has 0 aromatic rings. The number of nitrogens with zero attached hydrogens (tertiary/aromatic N) is 1. The van der Waals surface area contributed by atoms with Crippen molar-refractivity contribution >= 4 is 10.0 Å². The Hall–Kier alpha value is -0.130. The standard InChI is InChI=1S/C12H24N2O2S/c1-10(2)17(15,16)14-8-4-5-11(9-14)12-6-3-7-13-12/h10-13H,3-9H2,1-2H3. The highest BCUT2D eigenvalue weighted by Crippen LogP contribution is 2.27. The Morgan fingerprint density at radius 2 is 2.00 bits per heavy atom. The van der Waals surface area contributed by atoms with E-state index in [2.05, 4.69) is 5.32 Å². The zero-order chi connectivity index (χ0) is 12.5. The molecular weight excluding hydrogens is 236 g/mol. The molecule has 5 heteroatoms. The highest BCUT2D eigenvalue weighted by atomic mass is 32.2. The van der Waals surface area contributed by atoms with Crippen LogP contribution < -0.4 is 5.32 Å². The molecule has 2 fully saturated rings. The monoisotopic (exact) mass is 260 g/mol. The van der Waals surface area contributed by atoms with Crippen LogP contribution in [0.3, 0.4) is 0 Å². The van der Waals surface area contributed by atoms with Gasteiger partial charge in [-0.25, -0.2) is 12.7 Å². The van der Waals surface area contributed by atoms with E-state index in [0.29, 0.717) is 18.5 Å². The zero-order valence-corrected chi connectivity index (χ0v) is 11.7. The molecule has 2 aliphatic heterocycles. The first-order valence-corrected chi connectivity index (χ1v) is 8.24. The summed E-state index contributed by atoms with van der Waals surface area (Å²) < 4.78 is 26.0. The van der Waals surface area contributed by atoms with Gasteiger partial charge >= 0.3 is 0 Å². The van der Waals surface area contributed by atoms with E-state index in [1.807, 2.05) is 0 Å². The lowest BCUT2D eigenvalue weighted by atomic mass is 9.91. The van der Waals surface area contributed by atoms with E-state index < -0.39 is 10.0 Å². The third kappa shape index (κ3) is 2.83. The Morgan fingerprint density at radius 3 is 2.59 bits per heavy atom. The number of hydrogen-bond acceptors (Lipinski definition) is 3. The first-order valence-electron chi connectivity index (χ1n) is 6.74. The number of rotatable bonds is 3. The van der Waals surface area contributed by atoms with Gasteiger partial charge < -0.3 is 5.32 Å². The van der Waals surface area contributed by atoms with Gasteiger partial charge in [0.25, 0.3) is 0 Å². The molecular formula is C12H24N2O2S. The Labute approximate surface area is 105 Å². The van der Waals surface area contributed by atoms with Crippen LogP contribution in [0.2, 0.25) is 0 Å². The largest absolute Gasteiger partial charge is 0.314 e. The van der Waals surface area contributed by atoms with Gasteiger partial charge in [0.05, 0.1) is 5.25 Å². The van der Waals surface area contributed by atoms with Crippen molar-refractivity contribution in [1.29, 1.82) is 0 Å². The topological polar surface area (TPSA) is 49.4 Å². The molecule has 0 bridgehead atoms. The SMILES string of the molecule is CC(C)S(=O)(=O)N1CCCC(C2CCCN2)C1. The fraction of sp³-hybridized carbons (Fsp3) is 1.00. The Kier molecular flexibility index (Phi) is 4.10. The third-order valence-electron chi connectivity index (χ3n) is 4.04. The van der Waals surface area contributed by atoms with Crippen LogP contribution in [0.25, 0.3) is 0 Å². The van der Waals surface area contributed by atoms with E-state index in [4.69, 9.17) is 0 Å². The Morgan fingerprint density at radius 1 is 1.24 bits per heavy atom. The minimum absolute atomic E-state index is 0.294. The summed E-state index contributed by atoms with van der Waals surface area (Å²) >= 11 is 0. The van der Waals surface area contributed by atoms with E-state index in [-0.39, 0.29) is 5.25 Å². The normalized spacial score (nSPS) is 32.2. The average Bonchev–Trinajstić information content (AvgIpc) is 2.82. The van der Waals surface area contributed by atoms with Crippen molar-refractivity contribution in [2.75, 3.05) is 19.6 Å². The van der Waals surface area contributed by atoms with Gasteiger partial charge in [0, 0.05) is 19.1 Å². The second-order valence-corrected chi connectivity index (χ2v) is 8.05. The molecule has 0 saturated carbocycles. The fourth-order valence-electron chi connectivity index (χ4n) is 2.95. The maximum Gasteiger partial charge on any atom is 0.216 e. The molecule has 2 unspecified atom stereocenters. The van der Waals surface area contributed by atoms with Crippen molar-refractivity contribution in [2.24, 2.45) is 5.92 Å². The summed E-state index contributed by atoms with van der Waals surface area (Å²) in [6, 6.07) is 0.542. The molecule has 2 saturated heterocycles. The lowest BCUT2D eigenvalue weighted by Gasteiger charge is -2.35. The van der Waals surface area contributed by atoms with Crippen LogP contribution in [-0.4, -0.2) is 43.6 Å². The molecule has 100 valence electrons. The molecule has 17 heavy (non-hydrogen) atoms. The van der Waals surface area contributed by atoms with Crippen molar-refractivity contribution in [2.45, 2.75) is 50.8 Å². The predicted octanol–water partition coefficient (Wildman–Crippen LogP) is 1.19. The van der Waals surface area contributed by atoms with Gasteiger partial charge in [-0.05, 0) is 52.0 Å². The molecule has 0 amide bonds. The maximum atomic E-state index is 12.2. The van der Waals surface area contributed by atoms with Crippen molar-refractivity contribution in [3.63, 3.8) is 0 Å². The number of nitrogens with one attached hydrogen (secondary N) is 1. The van der Waals surface area contributed by atoms with Gasteiger partial charge in [0.2, 0.25) is 10.0 Å². The molecule has 0 spiro atoms. The van der Waals surface area contributed by atoms with E-state index in [0.717, 1.165) is 19.5 Å². The molecule has 0 radical (unpaired) electrons. The summed E-state index contributed by atoms with van der Waals surface area (Å²) in [7, 11) is -3.06. The third-order valence-corrected chi connectivity index (χ3v) is 6.29. The summed E-state index contributed by atoms with van der Waals surface area (Å²) in [5.74, 6) is 0.514. The zero-order valence-electron chi connectivity index (χ0n) is 10.9. The van der Waals surface area contributed by atoms with Gasteiger partial charge in [-0.15, -0.1) is 0 Å². The summed E-state index contributed by atoms with van der Waals surface area (Å²) in [5.41, 5.74) is 0. The summed E-state index contributed by atoms with van der Waals surface area (Å²) in [5, 5.41) is 3.21. The second kappa shape index (κ2) is 5.24. The first-order chi connectivity index (χ1) is 8.01. The van der Waals surface area contributed by atoms with E-state index >= 15 is 0 Å². The number of hydrogen-bond donors (Lipinski definition) is 1. The van der Waals surface area contributed by atoms with Crippen molar-refractivity contribution in [1.82, 2.24) is 9.62 Å². The highest BCUT2D eigenvalue weighted by molar-refractivity contribution is 7.89. The molecule has 2 rings (SSSR count). The van der Waals surface area contributed by atoms with Crippen LogP contribution in [0, 0.1) is 5.92 Å². The summed E-state index contributed by atoms with van der Waals surface area (Å²) in [4.78, 5) is 0. The molecule has 2 heterocycles. The van der Waals surface area contributed by atoms with Crippen molar-refractivity contribution in [3.05, 3.63) is 0 Å². The van der Waals surface area contributed by atoms with Gasteiger partial charge in [-0.1, -0.05) is 0 Å². The highest BCUT2D eigenvalue weighted by Gasteiger charge is 2.34. The molecule has 0 aliphatic carbocycles. The van der Waals surface area contributed by atoms with E-state index in [1.54, 1.807) is 18.2 Å². The van der Waals surface area contributed by atoms with Crippen LogP contribution in [0.4, 0.5) is 0 Å². The first kappa shape index (κ1) is 13.3. The van der Waals surface area contributed by atoms with Gasteiger partial charge in [-0.3, -0.25) is 0 Å². The Bertz CT molecular complexity index is 348. The van der Waals surface area contributed by atoms with Crippen LogP contribution >= 0.6 is 0 Å². The Balaban J connectivity index is 2.01. The lowest BCUT2D eigenvalue weighted by Crippen LogP contribution is -2.47. The molecule has 2 aliphatic rings. The minimum Gasteiger partial charge on any atom is -0.314 e. The molecule has 0 aromatic heterocycles. The summed E-state index contributed by atoms with van der Waals surface area (Å²) in [6.07, 6.45) is 4.62. The molecule has 0 aromatic carbocycles. The van der Waals surface area contributed by atoms with Crippen LogP contribution in [0.15, 0.2) is 0 Å². The number of piperidine rings is 1. The second-order valence-electron chi connectivity index (χ2n) is 5.56. The maximum absolute atomic E-state index is 12.2. The number of sulfonamides is 1. The van der Waals surface area contributed by atoms with Crippen LogP contribution in [-0.2, 0) is 10.0 Å². The van der Waals surface area contributed by atoms with Crippen molar-refractivity contribution in [3.8, 4) is 0 Å². The van der Waals surface area contributed by atoms with E-state index in [1.165, 1.54) is 19.3 Å². The predicted molar refractivity (Wildman–Crippen MR) is 69.4 cm³/mol. The van der Waals surface area contributed by atoms with Crippen LogP contribution in [0.1, 0.15) is 39.5 Å². The smallest absolute Gasteiger partial charge is 0.216 e. The van der Waals surface area contributed by atoms with Gasteiger partial charge in [-0.2, -0.15) is 0 Å². The summed E-state index contributed by atoms with van der Waals surface area (Å²) in [6.45, 7) is 6.07. The minimum atomic E-state index is -3.06.